The van der Waals surface area contributed by atoms with E-state index in [4.69, 9.17) is 30.7 Å². The first-order valence-corrected chi connectivity index (χ1v) is 14.9. The Balaban J connectivity index is 1.45. The van der Waals surface area contributed by atoms with Gasteiger partial charge in [-0.25, -0.2) is 19.9 Å². The summed E-state index contributed by atoms with van der Waals surface area (Å²) in [4.78, 5) is 28.8. The summed E-state index contributed by atoms with van der Waals surface area (Å²) in [6.07, 6.45) is 8.14. The van der Waals surface area contributed by atoms with Crippen LogP contribution < -0.4 is 10.7 Å². The number of nitrogens with zero attached hydrogens (tertiary/aromatic N) is 6. The number of aromatic amines is 1. The second kappa shape index (κ2) is 11.3. The summed E-state index contributed by atoms with van der Waals surface area (Å²) in [5, 5.41) is 6.89. The molecule has 4 aromatic heterocycles. The van der Waals surface area contributed by atoms with E-state index in [0.29, 0.717) is 42.1 Å². The minimum Gasteiger partial charge on any atom is -0.386 e. The normalized spacial score (nSPS) is 21.2. The summed E-state index contributed by atoms with van der Waals surface area (Å²) in [6.45, 7) is 5.04. The fourth-order valence-corrected chi connectivity index (χ4v) is 6.47. The molecule has 1 aliphatic heterocycles. The molecule has 0 radical (unpaired) electrons. The third-order valence-electron chi connectivity index (χ3n) is 8.49. The number of imidazole rings is 1. The van der Waals surface area contributed by atoms with Crippen molar-refractivity contribution >= 4 is 28.6 Å². The predicted molar refractivity (Wildman–Crippen MR) is 160 cm³/mol. The van der Waals surface area contributed by atoms with E-state index in [9.17, 15) is 4.79 Å². The second-order valence-electron chi connectivity index (χ2n) is 11.4. The standard InChI is InChI=1S/C31H32ClN7O3/c1-19-7-9-20(10-8-19)17-39-28-24(35-30(39)38-11-12-41-18-26(38)21-5-3-2-4-6-21)14-25(29-36-37-31(40)42-29)34-27(28)22-13-23(32)16-33-15-22/h2-6,13-16,19-20,26H,7-12,17-18H2,1H3,(H,37,40)/t19?,20?,26-/m0/s1. The molecule has 5 heterocycles. The Morgan fingerprint density at radius 1 is 1.07 bits per heavy atom. The van der Waals surface area contributed by atoms with Gasteiger partial charge in [0.25, 0.3) is 5.89 Å². The maximum atomic E-state index is 11.8. The maximum absolute atomic E-state index is 11.8. The summed E-state index contributed by atoms with van der Waals surface area (Å²) in [7, 11) is 0. The van der Waals surface area contributed by atoms with Gasteiger partial charge in [0.2, 0.25) is 5.95 Å². The predicted octanol–water partition coefficient (Wildman–Crippen LogP) is 5.89. The number of hydrogen-bond donors (Lipinski definition) is 1. The van der Waals surface area contributed by atoms with E-state index in [1.165, 1.54) is 31.2 Å². The van der Waals surface area contributed by atoms with Gasteiger partial charge < -0.3 is 18.6 Å². The molecule has 5 aromatic rings. The highest BCUT2D eigenvalue weighted by Crippen LogP contribution is 2.39. The SMILES string of the molecule is CC1CCC(Cn2c(N3CCOC[C@H]3c3ccccc3)nc3cc(-c4n[nH]c(=O)o4)nc(-c4cncc(Cl)c4)c32)CC1. The maximum Gasteiger partial charge on any atom is 0.434 e. The van der Waals surface area contributed by atoms with Gasteiger partial charge in [-0.05, 0) is 42.4 Å². The van der Waals surface area contributed by atoms with Crippen molar-refractivity contribution in [3.05, 3.63) is 76.0 Å². The van der Waals surface area contributed by atoms with Crippen LogP contribution in [0.4, 0.5) is 5.95 Å². The molecular formula is C31H32ClN7O3. The average Bonchev–Trinajstić information content (AvgIpc) is 3.62. The molecule has 2 fully saturated rings. The summed E-state index contributed by atoms with van der Waals surface area (Å²) in [6, 6.07) is 14.1. The molecule has 0 unspecified atom stereocenters. The quantitative estimate of drug-likeness (QED) is 0.262. The van der Waals surface area contributed by atoms with E-state index in [1.807, 2.05) is 18.2 Å². The van der Waals surface area contributed by atoms with Gasteiger partial charge in [0.1, 0.15) is 5.69 Å². The van der Waals surface area contributed by atoms with Crippen LogP contribution in [0, 0.1) is 11.8 Å². The van der Waals surface area contributed by atoms with Crippen LogP contribution in [0.2, 0.25) is 5.02 Å². The smallest absolute Gasteiger partial charge is 0.386 e. The number of hydrogen-bond acceptors (Lipinski definition) is 8. The molecule has 1 saturated carbocycles. The van der Waals surface area contributed by atoms with Gasteiger partial charge in [0.15, 0.2) is 0 Å². The van der Waals surface area contributed by atoms with E-state index in [0.717, 1.165) is 35.0 Å². The van der Waals surface area contributed by atoms with Crippen molar-refractivity contribution in [3.8, 4) is 22.8 Å². The molecule has 1 aliphatic carbocycles. The van der Waals surface area contributed by atoms with Crippen molar-refractivity contribution in [3.63, 3.8) is 0 Å². The van der Waals surface area contributed by atoms with Crippen molar-refractivity contribution in [2.24, 2.45) is 11.8 Å². The number of benzene rings is 1. The fraction of sp³-hybridized carbons (Fsp3) is 0.387. The van der Waals surface area contributed by atoms with Gasteiger partial charge >= 0.3 is 5.76 Å². The summed E-state index contributed by atoms with van der Waals surface area (Å²) < 4.78 is 13.6. The third kappa shape index (κ3) is 5.20. The highest BCUT2D eigenvalue weighted by Gasteiger charge is 2.32. The highest BCUT2D eigenvalue weighted by molar-refractivity contribution is 6.30. The van der Waals surface area contributed by atoms with E-state index in [1.54, 1.807) is 12.4 Å². The number of rotatable bonds is 6. The second-order valence-corrected chi connectivity index (χ2v) is 11.8. The molecule has 1 saturated heterocycles. The minimum atomic E-state index is -0.644. The molecule has 7 rings (SSSR count). The van der Waals surface area contributed by atoms with Crippen molar-refractivity contribution in [2.75, 3.05) is 24.7 Å². The highest BCUT2D eigenvalue weighted by atomic mass is 35.5. The lowest BCUT2D eigenvalue weighted by atomic mass is 9.83. The molecule has 10 nitrogen and oxygen atoms in total. The van der Waals surface area contributed by atoms with Crippen LogP contribution in [0.5, 0.6) is 0 Å². The molecule has 1 atom stereocenters. The summed E-state index contributed by atoms with van der Waals surface area (Å²) in [5.74, 6) is 1.60. The average molecular weight is 586 g/mol. The minimum absolute atomic E-state index is 0.00923. The van der Waals surface area contributed by atoms with Gasteiger partial charge in [-0.15, -0.1) is 5.10 Å². The van der Waals surface area contributed by atoms with Gasteiger partial charge in [-0.2, -0.15) is 0 Å². The molecule has 1 aromatic carbocycles. The Bertz CT molecular complexity index is 1760. The van der Waals surface area contributed by atoms with Crippen LogP contribution >= 0.6 is 11.6 Å². The van der Waals surface area contributed by atoms with Crippen LogP contribution in [0.3, 0.4) is 0 Å². The van der Waals surface area contributed by atoms with Crippen LogP contribution in [-0.4, -0.2) is 49.5 Å². The molecular weight excluding hydrogens is 554 g/mol. The fourth-order valence-electron chi connectivity index (χ4n) is 6.29. The molecule has 2 aliphatic rings. The Hall–Kier alpha value is -4.02. The van der Waals surface area contributed by atoms with Crippen LogP contribution in [0.25, 0.3) is 33.9 Å². The van der Waals surface area contributed by atoms with Gasteiger partial charge in [-0.1, -0.05) is 61.7 Å². The number of halogens is 1. The zero-order valence-corrected chi connectivity index (χ0v) is 24.1. The van der Waals surface area contributed by atoms with Gasteiger partial charge in [-0.3, -0.25) is 4.98 Å². The molecule has 11 heteroatoms. The molecule has 216 valence electrons. The Morgan fingerprint density at radius 2 is 1.90 bits per heavy atom. The van der Waals surface area contributed by atoms with Crippen molar-refractivity contribution in [1.29, 1.82) is 0 Å². The first-order chi connectivity index (χ1) is 20.5. The van der Waals surface area contributed by atoms with Gasteiger partial charge in [0, 0.05) is 31.0 Å². The lowest BCUT2D eigenvalue weighted by Gasteiger charge is -2.37. The number of fused-ring (bicyclic) bond motifs is 1. The molecule has 42 heavy (non-hydrogen) atoms. The first-order valence-electron chi connectivity index (χ1n) is 14.5. The van der Waals surface area contributed by atoms with Crippen LogP contribution in [-0.2, 0) is 11.3 Å². The number of H-pyrrole nitrogens is 1. The largest absolute Gasteiger partial charge is 0.434 e. The topological polar surface area (TPSA) is 115 Å². The van der Waals surface area contributed by atoms with E-state index in [2.05, 4.69) is 55.8 Å². The van der Waals surface area contributed by atoms with Gasteiger partial charge in [0.05, 0.1) is 41.0 Å². The van der Waals surface area contributed by atoms with Crippen LogP contribution in [0.15, 0.2) is 64.1 Å². The van der Waals surface area contributed by atoms with E-state index >= 15 is 0 Å². The zero-order valence-electron chi connectivity index (χ0n) is 23.4. The molecule has 0 amide bonds. The molecule has 1 N–H and O–H groups in total. The lowest BCUT2D eigenvalue weighted by molar-refractivity contribution is 0.0927. The number of pyridine rings is 2. The van der Waals surface area contributed by atoms with E-state index < -0.39 is 5.76 Å². The Kier molecular flexibility index (Phi) is 7.25. The Morgan fingerprint density at radius 3 is 2.67 bits per heavy atom. The zero-order chi connectivity index (χ0) is 28.6. The monoisotopic (exact) mass is 585 g/mol. The first kappa shape index (κ1) is 26.9. The summed E-state index contributed by atoms with van der Waals surface area (Å²) >= 11 is 6.42. The van der Waals surface area contributed by atoms with Crippen molar-refractivity contribution < 1.29 is 9.15 Å². The number of nitrogens with one attached hydrogen (secondary N) is 1. The number of ether oxygens (including phenoxy) is 1. The number of aromatic nitrogens is 6. The number of anilines is 1. The Labute approximate surface area is 247 Å². The van der Waals surface area contributed by atoms with E-state index in [-0.39, 0.29) is 11.9 Å². The number of morpholine rings is 1. The summed E-state index contributed by atoms with van der Waals surface area (Å²) in [5.41, 5.74) is 4.62. The van der Waals surface area contributed by atoms with Crippen molar-refractivity contribution in [1.82, 2.24) is 29.7 Å². The molecule has 0 spiro atoms. The van der Waals surface area contributed by atoms with Crippen LogP contribution in [0.1, 0.15) is 44.2 Å². The lowest BCUT2D eigenvalue weighted by Crippen LogP contribution is -2.41. The third-order valence-corrected chi connectivity index (χ3v) is 8.69. The van der Waals surface area contributed by atoms with Crippen molar-refractivity contribution in [2.45, 2.75) is 45.2 Å². The molecule has 0 bridgehead atoms.